The van der Waals surface area contributed by atoms with Gasteiger partial charge in [0.1, 0.15) is 5.00 Å². The fraction of sp³-hybridized carbons (Fsp3) is 0.176. The summed E-state index contributed by atoms with van der Waals surface area (Å²) >= 11 is 1.24. The molecule has 0 fully saturated rings. The number of methoxy groups -OCH3 is 1. The Hall–Kier alpha value is -2.80. The van der Waals surface area contributed by atoms with E-state index in [4.69, 9.17) is 13.9 Å². The summed E-state index contributed by atoms with van der Waals surface area (Å²) in [6.07, 6.45) is 0. The van der Waals surface area contributed by atoms with Gasteiger partial charge in [-0.25, -0.2) is 4.79 Å². The van der Waals surface area contributed by atoms with Crippen LogP contribution in [0.1, 0.15) is 27.8 Å². The second-order valence-corrected chi connectivity index (χ2v) is 5.74. The number of benzene rings is 1. The van der Waals surface area contributed by atoms with Gasteiger partial charge in [-0.15, -0.1) is 11.3 Å². The quantitative estimate of drug-likeness (QED) is 0.709. The first-order valence-corrected chi connectivity index (χ1v) is 8.14. The zero-order valence-corrected chi connectivity index (χ0v) is 13.9. The van der Waals surface area contributed by atoms with E-state index in [0.717, 1.165) is 5.39 Å². The summed E-state index contributed by atoms with van der Waals surface area (Å²) in [4.78, 5) is 24.3. The highest BCUT2D eigenvalue weighted by Crippen LogP contribution is 2.30. The number of carbonyl (C=O) groups is 2. The van der Waals surface area contributed by atoms with Gasteiger partial charge >= 0.3 is 5.97 Å². The molecule has 0 atom stereocenters. The third-order valence-electron chi connectivity index (χ3n) is 3.34. The number of hydrogen-bond donors (Lipinski definition) is 1. The van der Waals surface area contributed by atoms with E-state index < -0.39 is 11.9 Å². The van der Waals surface area contributed by atoms with Crippen LogP contribution in [0.3, 0.4) is 0 Å². The molecule has 3 rings (SSSR count). The second-order valence-electron chi connectivity index (χ2n) is 4.83. The molecule has 0 aliphatic heterocycles. The number of fused-ring (bicyclic) bond motifs is 1. The monoisotopic (exact) mass is 345 g/mol. The molecule has 2 heterocycles. The molecule has 2 aromatic heterocycles. The number of furan rings is 1. The molecule has 0 radical (unpaired) electrons. The van der Waals surface area contributed by atoms with Crippen molar-refractivity contribution in [3.8, 4) is 5.75 Å². The van der Waals surface area contributed by atoms with Crippen LogP contribution >= 0.6 is 11.3 Å². The van der Waals surface area contributed by atoms with E-state index in [2.05, 4.69) is 5.32 Å². The standard InChI is InChI=1S/C17H15NO5S/c1-3-22-17(20)11-7-8-24-16(11)18-15(19)13-9-10-5-4-6-12(21-2)14(10)23-13/h4-9H,3H2,1-2H3,(H,18,19). The molecular weight excluding hydrogens is 330 g/mol. The lowest BCUT2D eigenvalue weighted by molar-refractivity contribution is 0.0528. The smallest absolute Gasteiger partial charge is 0.341 e. The fourth-order valence-corrected chi connectivity index (χ4v) is 3.02. The van der Waals surface area contributed by atoms with Gasteiger partial charge in [-0.1, -0.05) is 12.1 Å². The molecule has 0 spiro atoms. The van der Waals surface area contributed by atoms with Crippen molar-refractivity contribution < 1.29 is 23.5 Å². The Morgan fingerprint density at radius 1 is 1.29 bits per heavy atom. The molecular formula is C17H15NO5S. The largest absolute Gasteiger partial charge is 0.493 e. The van der Waals surface area contributed by atoms with E-state index in [1.165, 1.54) is 18.4 Å². The highest BCUT2D eigenvalue weighted by atomic mass is 32.1. The average molecular weight is 345 g/mol. The van der Waals surface area contributed by atoms with Gasteiger partial charge in [-0.3, -0.25) is 4.79 Å². The van der Waals surface area contributed by atoms with Gasteiger partial charge in [-0.2, -0.15) is 0 Å². The average Bonchev–Trinajstić information content (AvgIpc) is 3.21. The van der Waals surface area contributed by atoms with Gasteiger partial charge in [0.25, 0.3) is 5.91 Å². The van der Waals surface area contributed by atoms with Crippen molar-refractivity contribution in [2.45, 2.75) is 6.92 Å². The van der Waals surface area contributed by atoms with Crippen molar-refractivity contribution in [3.63, 3.8) is 0 Å². The van der Waals surface area contributed by atoms with E-state index in [-0.39, 0.29) is 12.4 Å². The summed E-state index contributed by atoms with van der Waals surface area (Å²) in [5.74, 6) is -0.228. The number of para-hydroxylation sites is 1. The molecule has 0 saturated carbocycles. The number of amides is 1. The minimum Gasteiger partial charge on any atom is -0.493 e. The number of esters is 1. The Morgan fingerprint density at radius 3 is 2.88 bits per heavy atom. The van der Waals surface area contributed by atoms with Crippen molar-refractivity contribution in [2.24, 2.45) is 0 Å². The van der Waals surface area contributed by atoms with Crippen LogP contribution in [0.4, 0.5) is 5.00 Å². The maximum atomic E-state index is 12.4. The summed E-state index contributed by atoms with van der Waals surface area (Å²) in [7, 11) is 1.54. The van der Waals surface area contributed by atoms with Crippen LogP contribution in [-0.4, -0.2) is 25.6 Å². The van der Waals surface area contributed by atoms with Crippen LogP contribution in [0, 0.1) is 0 Å². The topological polar surface area (TPSA) is 77.8 Å². The summed E-state index contributed by atoms with van der Waals surface area (Å²) in [6.45, 7) is 2.00. The summed E-state index contributed by atoms with van der Waals surface area (Å²) in [6, 6.07) is 8.64. The molecule has 0 unspecified atom stereocenters. The lowest BCUT2D eigenvalue weighted by Gasteiger charge is -2.04. The highest BCUT2D eigenvalue weighted by Gasteiger charge is 2.19. The number of anilines is 1. The van der Waals surface area contributed by atoms with Crippen LogP contribution in [-0.2, 0) is 4.74 Å². The summed E-state index contributed by atoms with van der Waals surface area (Å²) in [5, 5.41) is 5.58. The van der Waals surface area contributed by atoms with Crippen LogP contribution in [0.15, 0.2) is 40.1 Å². The SMILES string of the molecule is CCOC(=O)c1ccsc1NC(=O)c1cc2cccc(OC)c2o1. The van der Waals surface area contributed by atoms with Gasteiger partial charge < -0.3 is 19.2 Å². The Kier molecular flexibility index (Phi) is 4.52. The van der Waals surface area contributed by atoms with Gasteiger partial charge in [0.05, 0.1) is 19.3 Å². The molecule has 0 aliphatic rings. The molecule has 1 N–H and O–H groups in total. The number of nitrogens with one attached hydrogen (secondary N) is 1. The lowest BCUT2D eigenvalue weighted by Crippen LogP contribution is -2.13. The third kappa shape index (κ3) is 2.98. The Balaban J connectivity index is 1.86. The summed E-state index contributed by atoms with van der Waals surface area (Å²) < 4.78 is 15.8. The predicted octanol–water partition coefficient (Wildman–Crippen LogP) is 3.93. The first-order valence-electron chi connectivity index (χ1n) is 7.26. The van der Waals surface area contributed by atoms with Gasteiger partial charge in [-0.05, 0) is 30.5 Å². The molecule has 7 heteroatoms. The highest BCUT2D eigenvalue weighted by molar-refractivity contribution is 7.14. The van der Waals surface area contributed by atoms with E-state index in [9.17, 15) is 9.59 Å². The molecule has 24 heavy (non-hydrogen) atoms. The lowest BCUT2D eigenvalue weighted by atomic mass is 10.2. The Labute approximate surface area is 142 Å². The van der Waals surface area contributed by atoms with Crippen molar-refractivity contribution >= 4 is 39.2 Å². The molecule has 0 saturated heterocycles. The molecule has 124 valence electrons. The molecule has 0 aliphatic carbocycles. The Bertz CT molecular complexity index is 895. The van der Waals surface area contributed by atoms with E-state index in [0.29, 0.717) is 21.9 Å². The number of carbonyl (C=O) groups excluding carboxylic acids is 2. The molecule has 0 bridgehead atoms. The number of ether oxygens (including phenoxy) is 2. The van der Waals surface area contributed by atoms with Gasteiger partial charge in [0.15, 0.2) is 17.1 Å². The van der Waals surface area contributed by atoms with Crippen molar-refractivity contribution in [1.82, 2.24) is 0 Å². The van der Waals surface area contributed by atoms with E-state index >= 15 is 0 Å². The van der Waals surface area contributed by atoms with Gasteiger partial charge in [0, 0.05) is 5.39 Å². The number of thiophene rings is 1. The second kappa shape index (κ2) is 6.76. The maximum absolute atomic E-state index is 12.4. The van der Waals surface area contributed by atoms with Gasteiger partial charge in [0.2, 0.25) is 0 Å². The normalized spacial score (nSPS) is 10.6. The van der Waals surface area contributed by atoms with Crippen molar-refractivity contribution in [3.05, 3.63) is 47.0 Å². The first kappa shape index (κ1) is 16.1. The third-order valence-corrected chi connectivity index (χ3v) is 4.17. The first-order chi connectivity index (χ1) is 11.6. The van der Waals surface area contributed by atoms with Crippen LogP contribution < -0.4 is 10.1 Å². The predicted molar refractivity (Wildman–Crippen MR) is 91.0 cm³/mol. The minimum absolute atomic E-state index is 0.137. The van der Waals surface area contributed by atoms with Crippen LogP contribution in [0.25, 0.3) is 11.0 Å². The minimum atomic E-state index is -0.472. The zero-order valence-electron chi connectivity index (χ0n) is 13.1. The fourth-order valence-electron chi connectivity index (χ4n) is 2.25. The maximum Gasteiger partial charge on any atom is 0.341 e. The molecule has 1 aromatic carbocycles. The molecule has 1 amide bonds. The van der Waals surface area contributed by atoms with Crippen LogP contribution in [0.5, 0.6) is 5.75 Å². The molecule has 3 aromatic rings. The summed E-state index contributed by atoms with van der Waals surface area (Å²) in [5.41, 5.74) is 0.825. The number of rotatable bonds is 5. The van der Waals surface area contributed by atoms with Crippen molar-refractivity contribution in [1.29, 1.82) is 0 Å². The van der Waals surface area contributed by atoms with E-state index in [1.54, 1.807) is 30.5 Å². The zero-order chi connectivity index (χ0) is 17.1. The number of hydrogen-bond acceptors (Lipinski definition) is 6. The molecule has 6 nitrogen and oxygen atoms in total. The van der Waals surface area contributed by atoms with Crippen molar-refractivity contribution in [2.75, 3.05) is 19.0 Å². The Morgan fingerprint density at radius 2 is 2.12 bits per heavy atom. The van der Waals surface area contributed by atoms with E-state index in [1.807, 2.05) is 12.1 Å². The van der Waals surface area contributed by atoms with Crippen LogP contribution in [0.2, 0.25) is 0 Å².